The van der Waals surface area contributed by atoms with Crippen LogP contribution in [0.5, 0.6) is 0 Å². The summed E-state index contributed by atoms with van der Waals surface area (Å²) in [5.41, 5.74) is 5.81. The quantitative estimate of drug-likeness (QED) is 0.293. The fourth-order valence-corrected chi connectivity index (χ4v) is 4.34. The van der Waals surface area contributed by atoms with Gasteiger partial charge in [0.1, 0.15) is 0 Å². The molecular weight excluding hydrogens is 426 g/mol. The summed E-state index contributed by atoms with van der Waals surface area (Å²) < 4.78 is 0. The van der Waals surface area contributed by atoms with Gasteiger partial charge in [0.25, 0.3) is 0 Å². The van der Waals surface area contributed by atoms with Crippen molar-refractivity contribution in [2.75, 3.05) is 0 Å². The van der Waals surface area contributed by atoms with Gasteiger partial charge in [-0.05, 0) is 79.1 Å². The number of nitrogens with zero attached hydrogens (tertiary/aromatic N) is 1. The predicted molar refractivity (Wildman–Crippen MR) is 140 cm³/mol. The summed E-state index contributed by atoms with van der Waals surface area (Å²) in [6.45, 7) is 3.93. The summed E-state index contributed by atoms with van der Waals surface area (Å²) in [4.78, 5) is 4.70. The number of aryl methyl sites for hydroxylation is 2. The van der Waals surface area contributed by atoms with Gasteiger partial charge in [0, 0.05) is 10.4 Å². The highest BCUT2D eigenvalue weighted by atomic mass is 35.5. The van der Waals surface area contributed by atoms with Gasteiger partial charge >= 0.3 is 0 Å². The van der Waals surface area contributed by atoms with Gasteiger partial charge in [-0.3, -0.25) is 0 Å². The number of aliphatic hydroxyl groups is 1. The van der Waals surface area contributed by atoms with E-state index in [0.717, 1.165) is 47.0 Å². The first kappa shape index (κ1) is 23.2. The summed E-state index contributed by atoms with van der Waals surface area (Å²) in [5, 5.41) is 12.5. The second kappa shape index (κ2) is 10.3. The maximum absolute atomic E-state index is 10.7. The highest BCUT2D eigenvalue weighted by Gasteiger charge is 2.22. The molecular formula is C30H30ClNO. The SMILES string of the molecule is CCC(C)(O)c1ccccc1CCCc1cccc(/C=C/c2ccc3ccc(Cl)cc3n2)c1. The smallest absolute Gasteiger partial charge is 0.0868 e. The van der Waals surface area contributed by atoms with E-state index in [1.54, 1.807) is 0 Å². The van der Waals surface area contributed by atoms with Crippen LogP contribution in [0.3, 0.4) is 0 Å². The van der Waals surface area contributed by atoms with Gasteiger partial charge in [0.2, 0.25) is 0 Å². The third-order valence-corrected chi connectivity index (χ3v) is 6.51. The third-order valence-electron chi connectivity index (χ3n) is 6.27. The predicted octanol–water partition coefficient (Wildman–Crippen LogP) is 7.85. The van der Waals surface area contributed by atoms with Crippen LogP contribution in [0.15, 0.2) is 78.9 Å². The summed E-state index contributed by atoms with van der Waals surface area (Å²) in [5.74, 6) is 0. The Morgan fingerprint density at radius 3 is 2.58 bits per heavy atom. The minimum Gasteiger partial charge on any atom is -0.385 e. The average Bonchev–Trinajstić information content (AvgIpc) is 2.83. The van der Waals surface area contributed by atoms with E-state index in [1.807, 2.05) is 50.3 Å². The Morgan fingerprint density at radius 2 is 1.73 bits per heavy atom. The van der Waals surface area contributed by atoms with Crippen molar-refractivity contribution in [3.8, 4) is 0 Å². The van der Waals surface area contributed by atoms with E-state index in [0.29, 0.717) is 11.4 Å². The summed E-state index contributed by atoms with van der Waals surface area (Å²) >= 11 is 6.11. The Hall–Kier alpha value is -2.94. The number of halogens is 1. The van der Waals surface area contributed by atoms with Gasteiger partial charge in [-0.2, -0.15) is 0 Å². The lowest BCUT2D eigenvalue weighted by Crippen LogP contribution is -2.21. The van der Waals surface area contributed by atoms with Crippen LogP contribution in [0.2, 0.25) is 5.02 Å². The van der Waals surface area contributed by atoms with Crippen molar-refractivity contribution in [2.24, 2.45) is 0 Å². The van der Waals surface area contributed by atoms with Gasteiger partial charge in [-0.15, -0.1) is 0 Å². The third kappa shape index (κ3) is 5.90. The number of benzene rings is 3. The first-order valence-electron chi connectivity index (χ1n) is 11.6. The maximum Gasteiger partial charge on any atom is 0.0868 e. The van der Waals surface area contributed by atoms with Crippen molar-refractivity contribution in [3.63, 3.8) is 0 Å². The highest BCUT2D eigenvalue weighted by molar-refractivity contribution is 6.31. The van der Waals surface area contributed by atoms with E-state index in [-0.39, 0.29) is 0 Å². The largest absolute Gasteiger partial charge is 0.385 e. The van der Waals surface area contributed by atoms with Gasteiger partial charge in [-0.25, -0.2) is 4.98 Å². The van der Waals surface area contributed by atoms with Crippen LogP contribution in [0, 0.1) is 0 Å². The first-order valence-corrected chi connectivity index (χ1v) is 12.0. The molecule has 1 atom stereocenters. The summed E-state index contributed by atoms with van der Waals surface area (Å²) in [6, 6.07) is 26.8. The molecule has 0 aliphatic rings. The average molecular weight is 456 g/mol. The number of pyridine rings is 1. The van der Waals surface area contributed by atoms with Crippen LogP contribution < -0.4 is 0 Å². The first-order chi connectivity index (χ1) is 15.9. The topological polar surface area (TPSA) is 33.1 Å². The van der Waals surface area contributed by atoms with Crippen molar-refractivity contribution in [1.82, 2.24) is 4.98 Å². The fraction of sp³-hybridized carbons (Fsp3) is 0.233. The maximum atomic E-state index is 10.7. The van der Waals surface area contributed by atoms with Gasteiger partial charge in [0.05, 0.1) is 16.8 Å². The zero-order valence-electron chi connectivity index (χ0n) is 19.3. The van der Waals surface area contributed by atoms with Crippen molar-refractivity contribution in [3.05, 3.63) is 112 Å². The van der Waals surface area contributed by atoms with Crippen LogP contribution in [0.1, 0.15) is 54.6 Å². The molecule has 0 spiro atoms. The molecule has 4 aromatic rings. The van der Waals surface area contributed by atoms with Crippen LogP contribution in [0.25, 0.3) is 23.1 Å². The summed E-state index contributed by atoms with van der Waals surface area (Å²) in [7, 11) is 0. The van der Waals surface area contributed by atoms with Crippen molar-refractivity contribution < 1.29 is 5.11 Å². The molecule has 1 unspecified atom stereocenters. The Labute approximate surface area is 201 Å². The Kier molecular flexibility index (Phi) is 7.27. The number of fused-ring (bicyclic) bond motifs is 1. The van der Waals surface area contributed by atoms with E-state index < -0.39 is 5.60 Å². The lowest BCUT2D eigenvalue weighted by molar-refractivity contribution is 0.0521. The molecule has 0 aliphatic carbocycles. The minimum atomic E-state index is -0.774. The molecule has 0 bridgehead atoms. The molecule has 1 N–H and O–H groups in total. The lowest BCUT2D eigenvalue weighted by atomic mass is 9.87. The standard InChI is InChI=1S/C30H30ClNO/c1-3-30(2,33)28-13-5-4-11-24(28)12-7-10-22-8-6-9-23(20-22)14-18-27-19-16-25-15-17-26(31)21-29(25)32-27/h4-6,8-9,11,13-21,33H,3,7,10,12H2,1-2H3/b18-14+. The second-order valence-corrected chi connectivity index (χ2v) is 9.23. The van der Waals surface area contributed by atoms with Crippen LogP contribution in [0.4, 0.5) is 0 Å². The van der Waals surface area contributed by atoms with Crippen molar-refractivity contribution in [2.45, 2.75) is 45.1 Å². The molecule has 1 aromatic heterocycles. The lowest BCUT2D eigenvalue weighted by Gasteiger charge is -2.25. The molecule has 3 heteroatoms. The molecule has 0 radical (unpaired) electrons. The Morgan fingerprint density at radius 1 is 0.909 bits per heavy atom. The zero-order valence-corrected chi connectivity index (χ0v) is 20.0. The molecule has 0 amide bonds. The molecule has 1 heterocycles. The molecule has 4 rings (SSSR count). The molecule has 2 nitrogen and oxygen atoms in total. The number of aromatic nitrogens is 1. The zero-order chi connectivity index (χ0) is 23.3. The minimum absolute atomic E-state index is 0.699. The Balaban J connectivity index is 1.42. The molecule has 0 saturated heterocycles. The molecule has 168 valence electrons. The molecule has 3 aromatic carbocycles. The Bertz CT molecular complexity index is 1280. The molecule has 0 aliphatic heterocycles. The highest BCUT2D eigenvalue weighted by Crippen LogP contribution is 2.28. The van der Waals surface area contributed by atoms with E-state index in [2.05, 4.69) is 54.6 Å². The van der Waals surface area contributed by atoms with Crippen LogP contribution >= 0.6 is 11.6 Å². The molecule has 0 fully saturated rings. The van der Waals surface area contributed by atoms with Gasteiger partial charge in [0.15, 0.2) is 0 Å². The van der Waals surface area contributed by atoms with Gasteiger partial charge < -0.3 is 5.11 Å². The number of rotatable bonds is 8. The second-order valence-electron chi connectivity index (χ2n) is 8.79. The van der Waals surface area contributed by atoms with E-state index in [9.17, 15) is 5.11 Å². The number of hydrogen-bond acceptors (Lipinski definition) is 2. The van der Waals surface area contributed by atoms with Crippen LogP contribution in [-0.2, 0) is 18.4 Å². The molecule has 0 saturated carbocycles. The number of hydrogen-bond donors (Lipinski definition) is 1. The fourth-order valence-electron chi connectivity index (χ4n) is 4.17. The van der Waals surface area contributed by atoms with Crippen molar-refractivity contribution in [1.29, 1.82) is 0 Å². The normalized spacial score (nSPS) is 13.5. The van der Waals surface area contributed by atoms with E-state index >= 15 is 0 Å². The van der Waals surface area contributed by atoms with E-state index in [4.69, 9.17) is 16.6 Å². The summed E-state index contributed by atoms with van der Waals surface area (Å²) in [6.07, 6.45) is 7.85. The van der Waals surface area contributed by atoms with E-state index in [1.165, 1.54) is 11.1 Å². The van der Waals surface area contributed by atoms with Crippen molar-refractivity contribution >= 4 is 34.7 Å². The van der Waals surface area contributed by atoms with Gasteiger partial charge in [-0.1, -0.05) is 85.3 Å². The van der Waals surface area contributed by atoms with Crippen LogP contribution in [-0.4, -0.2) is 10.1 Å². The molecule has 33 heavy (non-hydrogen) atoms. The monoisotopic (exact) mass is 455 g/mol.